The summed E-state index contributed by atoms with van der Waals surface area (Å²) in [6.45, 7) is 4.41. The molecule has 0 unspecified atom stereocenters. The molecule has 0 aliphatic carbocycles. The zero-order valence-electron chi connectivity index (χ0n) is 14.2. The van der Waals surface area contributed by atoms with E-state index in [1.54, 1.807) is 13.0 Å². The molecule has 1 aromatic carbocycles. The lowest BCUT2D eigenvalue weighted by Gasteiger charge is -2.05. The number of aromatic nitrogens is 3. The third-order valence-corrected chi connectivity index (χ3v) is 4.70. The zero-order valence-corrected chi connectivity index (χ0v) is 15.0. The van der Waals surface area contributed by atoms with Crippen molar-refractivity contribution in [2.45, 2.75) is 33.1 Å². The van der Waals surface area contributed by atoms with Gasteiger partial charge in [0, 0.05) is 0 Å². The van der Waals surface area contributed by atoms with Crippen LogP contribution in [-0.4, -0.2) is 21.2 Å². The quantitative estimate of drug-likeness (QED) is 0.630. The van der Waals surface area contributed by atoms with E-state index in [4.69, 9.17) is 4.74 Å². The van der Waals surface area contributed by atoms with Gasteiger partial charge >= 0.3 is 0 Å². The number of hydrogen-bond donors (Lipinski definition) is 0. The van der Waals surface area contributed by atoms with E-state index in [1.807, 2.05) is 24.3 Å². The molecule has 0 amide bonds. The minimum absolute atomic E-state index is 0.212. The van der Waals surface area contributed by atoms with Crippen molar-refractivity contribution in [3.05, 3.63) is 60.8 Å². The fraction of sp³-hybridized carbons (Fsp3) is 0.333. The van der Waals surface area contributed by atoms with Crippen LogP contribution < -0.4 is 20.4 Å². The highest BCUT2D eigenvalue weighted by atomic mass is 32.1. The van der Waals surface area contributed by atoms with Gasteiger partial charge in [0.2, 0.25) is 4.96 Å². The summed E-state index contributed by atoms with van der Waals surface area (Å²) in [6.07, 6.45) is 5.14. The van der Waals surface area contributed by atoms with Crippen LogP contribution in [0.5, 0.6) is 5.75 Å². The molecule has 0 saturated heterocycles. The summed E-state index contributed by atoms with van der Waals surface area (Å²) in [7, 11) is 0. The van der Waals surface area contributed by atoms with Gasteiger partial charge in [0.15, 0.2) is 0 Å². The first-order chi connectivity index (χ1) is 12.1. The molecule has 0 spiro atoms. The number of nitrogens with zero attached hydrogens (tertiary/aromatic N) is 3. The number of rotatable bonds is 6. The summed E-state index contributed by atoms with van der Waals surface area (Å²) in [4.78, 5) is 28.1. The third-order valence-electron chi connectivity index (χ3n) is 3.74. The van der Waals surface area contributed by atoms with E-state index in [0.717, 1.165) is 35.5 Å². The lowest BCUT2D eigenvalue weighted by molar-refractivity contribution is 0.306. The van der Waals surface area contributed by atoms with E-state index in [0.29, 0.717) is 16.1 Å². The fourth-order valence-electron chi connectivity index (χ4n) is 2.34. The molecule has 2 heterocycles. The summed E-state index contributed by atoms with van der Waals surface area (Å²) in [5.41, 5.74) is 0.417. The highest BCUT2D eigenvalue weighted by molar-refractivity contribution is 7.15. The largest absolute Gasteiger partial charge is 0.494 e. The van der Waals surface area contributed by atoms with Crippen molar-refractivity contribution >= 4 is 22.4 Å². The molecule has 0 N–H and O–H groups in total. The lowest BCUT2D eigenvalue weighted by atomic mass is 10.2. The first kappa shape index (κ1) is 17.3. The Balaban J connectivity index is 1.85. The number of hydrogen-bond acceptors (Lipinski definition) is 6. The minimum atomic E-state index is -0.405. The Hall–Kier alpha value is -2.54. The van der Waals surface area contributed by atoms with Crippen molar-refractivity contribution in [2.24, 2.45) is 0 Å². The lowest BCUT2D eigenvalue weighted by Crippen LogP contribution is -2.27. The standard InChI is InChI=1S/C18H19N3O3S/c1-3-4-5-10-24-14-8-6-13(7-9-14)11-15-17(23)21-18(25-15)19-16(22)12(2)20-21/h6-9,11H,3-5,10H2,1-2H3/b15-11-. The average molecular weight is 357 g/mol. The van der Waals surface area contributed by atoms with Crippen LogP contribution >= 0.6 is 11.3 Å². The van der Waals surface area contributed by atoms with E-state index in [1.165, 1.54) is 10.9 Å². The monoisotopic (exact) mass is 357 g/mol. The number of thiazole rings is 1. The maximum absolute atomic E-state index is 12.4. The predicted octanol–water partition coefficient (Wildman–Crippen LogP) is 1.94. The Labute approximate surface area is 148 Å². The van der Waals surface area contributed by atoms with Gasteiger partial charge in [-0.2, -0.15) is 14.6 Å². The molecule has 0 atom stereocenters. The predicted molar refractivity (Wildman–Crippen MR) is 98.4 cm³/mol. The van der Waals surface area contributed by atoms with E-state index in [-0.39, 0.29) is 11.3 Å². The van der Waals surface area contributed by atoms with Crippen molar-refractivity contribution < 1.29 is 4.74 Å². The van der Waals surface area contributed by atoms with Crippen molar-refractivity contribution in [3.8, 4) is 5.75 Å². The molecule has 3 aromatic rings. The minimum Gasteiger partial charge on any atom is -0.494 e. The Morgan fingerprint density at radius 3 is 2.68 bits per heavy atom. The summed E-state index contributed by atoms with van der Waals surface area (Å²) >= 11 is 1.16. The molecule has 0 aliphatic heterocycles. The van der Waals surface area contributed by atoms with Crippen LogP contribution in [0.25, 0.3) is 11.0 Å². The molecule has 6 nitrogen and oxygen atoms in total. The van der Waals surface area contributed by atoms with Crippen molar-refractivity contribution in [1.82, 2.24) is 14.6 Å². The first-order valence-corrected chi connectivity index (χ1v) is 9.05. The molecular weight excluding hydrogens is 338 g/mol. The second-order valence-corrected chi connectivity index (χ2v) is 6.75. The van der Waals surface area contributed by atoms with E-state index in [2.05, 4.69) is 17.0 Å². The molecule has 3 rings (SSSR count). The van der Waals surface area contributed by atoms with Gasteiger partial charge in [-0.15, -0.1) is 0 Å². The Kier molecular flexibility index (Phi) is 5.23. The van der Waals surface area contributed by atoms with Gasteiger partial charge in [0.05, 0.1) is 11.1 Å². The highest BCUT2D eigenvalue weighted by Crippen LogP contribution is 2.13. The van der Waals surface area contributed by atoms with Crippen LogP contribution in [0.3, 0.4) is 0 Å². The van der Waals surface area contributed by atoms with Gasteiger partial charge in [-0.1, -0.05) is 43.2 Å². The van der Waals surface area contributed by atoms with E-state index < -0.39 is 5.56 Å². The number of benzene rings is 1. The van der Waals surface area contributed by atoms with Crippen LogP contribution in [0.1, 0.15) is 37.4 Å². The van der Waals surface area contributed by atoms with Crippen LogP contribution in [-0.2, 0) is 0 Å². The molecule has 130 valence electrons. The van der Waals surface area contributed by atoms with Crippen LogP contribution in [0, 0.1) is 6.92 Å². The molecule has 2 aromatic heterocycles. The van der Waals surface area contributed by atoms with E-state index in [9.17, 15) is 9.59 Å². The van der Waals surface area contributed by atoms with Gasteiger partial charge in [-0.3, -0.25) is 9.59 Å². The fourth-order valence-corrected chi connectivity index (χ4v) is 3.24. The maximum atomic E-state index is 12.4. The molecule has 0 bridgehead atoms. The summed E-state index contributed by atoms with van der Waals surface area (Å²) < 4.78 is 7.35. The molecule has 0 fully saturated rings. The molecule has 0 aliphatic rings. The maximum Gasteiger partial charge on any atom is 0.295 e. The third kappa shape index (κ3) is 3.93. The van der Waals surface area contributed by atoms with Crippen LogP contribution in [0.15, 0.2) is 33.9 Å². The van der Waals surface area contributed by atoms with Crippen LogP contribution in [0.2, 0.25) is 0 Å². The van der Waals surface area contributed by atoms with Crippen molar-refractivity contribution in [2.75, 3.05) is 6.61 Å². The summed E-state index contributed by atoms with van der Waals surface area (Å²) in [5, 5.41) is 4.00. The Bertz CT molecular complexity index is 1040. The topological polar surface area (TPSA) is 73.6 Å². The number of fused-ring (bicyclic) bond motifs is 1. The smallest absolute Gasteiger partial charge is 0.295 e. The number of ether oxygens (including phenoxy) is 1. The molecule has 25 heavy (non-hydrogen) atoms. The van der Waals surface area contributed by atoms with E-state index >= 15 is 0 Å². The van der Waals surface area contributed by atoms with Gasteiger partial charge in [-0.25, -0.2) is 0 Å². The normalized spacial score (nSPS) is 12.0. The van der Waals surface area contributed by atoms with Crippen molar-refractivity contribution in [1.29, 1.82) is 0 Å². The molecule has 0 saturated carbocycles. The van der Waals surface area contributed by atoms with Gasteiger partial charge in [0.1, 0.15) is 11.4 Å². The Morgan fingerprint density at radius 1 is 1.20 bits per heavy atom. The second kappa shape index (κ2) is 7.57. The number of aryl methyl sites for hydroxylation is 1. The first-order valence-electron chi connectivity index (χ1n) is 8.23. The van der Waals surface area contributed by atoms with Crippen molar-refractivity contribution in [3.63, 3.8) is 0 Å². The molecular formula is C18H19N3O3S. The molecule has 7 heteroatoms. The van der Waals surface area contributed by atoms with Gasteiger partial charge < -0.3 is 4.74 Å². The van der Waals surface area contributed by atoms with Gasteiger partial charge in [0.25, 0.3) is 11.1 Å². The van der Waals surface area contributed by atoms with Crippen LogP contribution in [0.4, 0.5) is 0 Å². The second-order valence-electron chi connectivity index (χ2n) is 5.74. The SMILES string of the molecule is CCCCCOc1ccc(/C=c2\sc3nc(=O)c(C)nn3c2=O)cc1. The number of unbranched alkanes of at least 4 members (excludes halogenated alkanes) is 2. The summed E-state index contributed by atoms with van der Waals surface area (Å²) in [6, 6.07) is 7.57. The van der Waals surface area contributed by atoms with Gasteiger partial charge in [-0.05, 0) is 37.1 Å². The Morgan fingerprint density at radius 2 is 1.96 bits per heavy atom. The molecule has 0 radical (unpaired) electrons. The summed E-state index contributed by atoms with van der Waals surface area (Å²) in [5.74, 6) is 0.816. The average Bonchev–Trinajstić information content (AvgIpc) is 2.89. The highest BCUT2D eigenvalue weighted by Gasteiger charge is 2.08. The zero-order chi connectivity index (χ0) is 17.8.